The summed E-state index contributed by atoms with van der Waals surface area (Å²) in [6, 6.07) is 4.28. The molecule has 4 nitrogen and oxygen atoms in total. The van der Waals surface area contributed by atoms with Crippen LogP contribution in [0.15, 0.2) is 36.9 Å². The number of hydrogen-bond acceptors (Lipinski definition) is 4. The highest BCUT2D eigenvalue weighted by atomic mass is 35.5. The lowest BCUT2D eigenvalue weighted by Gasteiger charge is -2.10. The van der Waals surface area contributed by atoms with Crippen LogP contribution in [0.2, 0.25) is 0 Å². The topological polar surface area (TPSA) is 50.7 Å². The maximum Gasteiger partial charge on any atom is 0.0904 e. The molecule has 1 fully saturated rings. The molecule has 94 valence electrons. The van der Waals surface area contributed by atoms with Crippen molar-refractivity contribution in [1.29, 1.82) is 0 Å². The summed E-state index contributed by atoms with van der Waals surface area (Å²) in [4.78, 5) is 13.0. The molecule has 5 heteroatoms. The maximum atomic E-state index is 4.66. The van der Waals surface area contributed by atoms with Crippen molar-refractivity contribution in [2.24, 2.45) is 0 Å². The summed E-state index contributed by atoms with van der Waals surface area (Å²) in [5, 5.41) is 3.43. The van der Waals surface area contributed by atoms with E-state index < -0.39 is 0 Å². The van der Waals surface area contributed by atoms with Crippen LogP contribution < -0.4 is 5.32 Å². The van der Waals surface area contributed by atoms with Gasteiger partial charge in [0.2, 0.25) is 0 Å². The van der Waals surface area contributed by atoms with Crippen LogP contribution in [-0.4, -0.2) is 21.5 Å². The molecule has 1 atom stereocenters. The van der Waals surface area contributed by atoms with Gasteiger partial charge in [-0.3, -0.25) is 9.97 Å². The highest BCUT2D eigenvalue weighted by molar-refractivity contribution is 5.85. The Morgan fingerprint density at radius 1 is 1.17 bits per heavy atom. The van der Waals surface area contributed by atoms with Crippen molar-refractivity contribution in [3.63, 3.8) is 0 Å². The fraction of sp³-hybridized carbons (Fsp3) is 0.308. The summed E-state index contributed by atoms with van der Waals surface area (Å²) in [7, 11) is 0. The third-order valence-corrected chi connectivity index (χ3v) is 3.03. The standard InChI is InChI=1S/C13H14N4.ClH/c1-3-10(7-14-5-1)12-8-15-9-13(17-12)11-4-2-6-16-11;/h1,3,5,7-9,11,16H,2,4,6H2;1H. The fourth-order valence-corrected chi connectivity index (χ4v) is 2.14. The van der Waals surface area contributed by atoms with E-state index in [0.717, 1.165) is 29.9 Å². The molecular weight excluding hydrogens is 248 g/mol. The Morgan fingerprint density at radius 3 is 2.83 bits per heavy atom. The molecule has 18 heavy (non-hydrogen) atoms. The number of rotatable bonds is 2. The van der Waals surface area contributed by atoms with Crippen molar-refractivity contribution in [2.45, 2.75) is 18.9 Å². The fourth-order valence-electron chi connectivity index (χ4n) is 2.14. The average molecular weight is 263 g/mol. The van der Waals surface area contributed by atoms with Crippen LogP contribution >= 0.6 is 12.4 Å². The lowest BCUT2D eigenvalue weighted by atomic mass is 10.1. The molecule has 1 saturated heterocycles. The van der Waals surface area contributed by atoms with Crippen molar-refractivity contribution in [2.75, 3.05) is 6.54 Å². The van der Waals surface area contributed by atoms with E-state index in [-0.39, 0.29) is 12.4 Å². The van der Waals surface area contributed by atoms with Crippen LogP contribution in [0, 0.1) is 0 Å². The zero-order chi connectivity index (χ0) is 11.5. The molecule has 1 unspecified atom stereocenters. The number of aromatic nitrogens is 3. The van der Waals surface area contributed by atoms with Gasteiger partial charge in [-0.05, 0) is 31.5 Å². The van der Waals surface area contributed by atoms with E-state index >= 15 is 0 Å². The van der Waals surface area contributed by atoms with Gasteiger partial charge in [-0.15, -0.1) is 12.4 Å². The Hall–Kier alpha value is -1.52. The molecular formula is C13H15ClN4. The van der Waals surface area contributed by atoms with Crippen LogP contribution in [0.1, 0.15) is 24.6 Å². The lowest BCUT2D eigenvalue weighted by molar-refractivity contribution is 0.625. The SMILES string of the molecule is Cl.c1cncc(-c2cncc(C3CCCN3)n2)c1. The van der Waals surface area contributed by atoms with Gasteiger partial charge in [0, 0.05) is 18.0 Å². The van der Waals surface area contributed by atoms with E-state index in [4.69, 9.17) is 0 Å². The van der Waals surface area contributed by atoms with Crippen molar-refractivity contribution in [1.82, 2.24) is 20.3 Å². The quantitative estimate of drug-likeness (QED) is 0.903. The van der Waals surface area contributed by atoms with Crippen LogP contribution in [0.25, 0.3) is 11.3 Å². The van der Waals surface area contributed by atoms with Gasteiger partial charge in [-0.1, -0.05) is 0 Å². The number of nitrogens with zero attached hydrogens (tertiary/aromatic N) is 3. The second kappa shape index (κ2) is 5.89. The van der Waals surface area contributed by atoms with Gasteiger partial charge in [0.25, 0.3) is 0 Å². The van der Waals surface area contributed by atoms with Gasteiger partial charge < -0.3 is 5.32 Å². The summed E-state index contributed by atoms with van der Waals surface area (Å²) >= 11 is 0. The number of hydrogen-bond donors (Lipinski definition) is 1. The smallest absolute Gasteiger partial charge is 0.0904 e. The molecule has 1 N–H and O–H groups in total. The molecule has 1 aliphatic rings. The van der Waals surface area contributed by atoms with Gasteiger partial charge in [0.15, 0.2) is 0 Å². The predicted molar refractivity (Wildman–Crippen MR) is 72.5 cm³/mol. The molecule has 0 spiro atoms. The largest absolute Gasteiger partial charge is 0.309 e. The second-order valence-electron chi connectivity index (χ2n) is 4.22. The minimum Gasteiger partial charge on any atom is -0.309 e. The van der Waals surface area contributed by atoms with Crippen LogP contribution in [0.5, 0.6) is 0 Å². The van der Waals surface area contributed by atoms with E-state index in [1.165, 1.54) is 6.42 Å². The van der Waals surface area contributed by atoms with Crippen molar-refractivity contribution < 1.29 is 0 Å². The highest BCUT2D eigenvalue weighted by Gasteiger charge is 2.18. The van der Waals surface area contributed by atoms with Gasteiger partial charge >= 0.3 is 0 Å². The summed E-state index contributed by atoms with van der Waals surface area (Å²) < 4.78 is 0. The van der Waals surface area contributed by atoms with E-state index in [2.05, 4.69) is 20.3 Å². The minimum absolute atomic E-state index is 0. The first-order valence-electron chi connectivity index (χ1n) is 5.89. The molecule has 0 bridgehead atoms. The Balaban J connectivity index is 0.00000120. The Bertz CT molecular complexity index is 497. The van der Waals surface area contributed by atoms with Crippen molar-refractivity contribution in [3.8, 4) is 11.3 Å². The monoisotopic (exact) mass is 262 g/mol. The van der Waals surface area contributed by atoms with Gasteiger partial charge in [-0.2, -0.15) is 0 Å². The number of halogens is 1. The molecule has 0 amide bonds. The molecule has 3 rings (SSSR count). The molecule has 2 aromatic heterocycles. The average Bonchev–Trinajstić information content (AvgIpc) is 2.94. The van der Waals surface area contributed by atoms with Crippen LogP contribution in [0.3, 0.4) is 0 Å². The van der Waals surface area contributed by atoms with E-state index in [1.807, 2.05) is 24.5 Å². The molecule has 0 radical (unpaired) electrons. The summed E-state index contributed by atoms with van der Waals surface area (Å²) in [6.45, 7) is 1.07. The molecule has 0 aliphatic carbocycles. The molecule has 2 aromatic rings. The Kier molecular flexibility index (Phi) is 4.23. The summed E-state index contributed by atoms with van der Waals surface area (Å²) in [6.07, 6.45) is 9.57. The van der Waals surface area contributed by atoms with Crippen LogP contribution in [-0.2, 0) is 0 Å². The van der Waals surface area contributed by atoms with Gasteiger partial charge in [0.1, 0.15) is 0 Å². The molecule has 0 saturated carbocycles. The van der Waals surface area contributed by atoms with Crippen LogP contribution in [0.4, 0.5) is 0 Å². The first kappa shape index (κ1) is 12.9. The predicted octanol–water partition coefficient (Wildman–Crippen LogP) is 2.38. The lowest BCUT2D eigenvalue weighted by Crippen LogP contribution is -2.14. The third-order valence-electron chi connectivity index (χ3n) is 3.03. The van der Waals surface area contributed by atoms with E-state index in [1.54, 1.807) is 12.4 Å². The molecule has 3 heterocycles. The minimum atomic E-state index is 0. The number of pyridine rings is 1. The Labute approximate surface area is 112 Å². The zero-order valence-electron chi connectivity index (χ0n) is 9.91. The van der Waals surface area contributed by atoms with E-state index in [0.29, 0.717) is 6.04 Å². The normalized spacial score (nSPS) is 18.3. The maximum absolute atomic E-state index is 4.66. The zero-order valence-corrected chi connectivity index (χ0v) is 10.7. The first-order chi connectivity index (χ1) is 8.43. The van der Waals surface area contributed by atoms with Gasteiger partial charge in [-0.25, -0.2) is 4.98 Å². The highest BCUT2D eigenvalue weighted by Crippen LogP contribution is 2.23. The van der Waals surface area contributed by atoms with Gasteiger partial charge in [0.05, 0.1) is 29.8 Å². The first-order valence-corrected chi connectivity index (χ1v) is 5.89. The third kappa shape index (κ3) is 2.66. The van der Waals surface area contributed by atoms with Crippen molar-refractivity contribution in [3.05, 3.63) is 42.6 Å². The summed E-state index contributed by atoms with van der Waals surface area (Å²) in [5.74, 6) is 0. The molecule has 0 aromatic carbocycles. The Morgan fingerprint density at radius 2 is 2.11 bits per heavy atom. The van der Waals surface area contributed by atoms with Crippen molar-refractivity contribution >= 4 is 12.4 Å². The molecule has 1 aliphatic heterocycles. The number of nitrogens with one attached hydrogen (secondary N) is 1. The second-order valence-corrected chi connectivity index (χ2v) is 4.22. The van der Waals surface area contributed by atoms with E-state index in [9.17, 15) is 0 Å². The summed E-state index contributed by atoms with van der Waals surface area (Å²) in [5.41, 5.74) is 2.94.